The van der Waals surface area contributed by atoms with E-state index in [9.17, 15) is 27.5 Å². The van der Waals surface area contributed by atoms with Crippen molar-refractivity contribution in [1.29, 1.82) is 0 Å². The number of hydrogen-bond acceptors (Lipinski definition) is 4. The quantitative estimate of drug-likeness (QED) is 0.833. The summed E-state index contributed by atoms with van der Waals surface area (Å²) in [5, 5.41) is 13.6. The van der Waals surface area contributed by atoms with Gasteiger partial charge >= 0.3 is 6.18 Å². The first-order chi connectivity index (χ1) is 11.2. The minimum Gasteiger partial charge on any atom is -0.484 e. The van der Waals surface area contributed by atoms with Gasteiger partial charge in [-0.3, -0.25) is 4.79 Å². The molecule has 0 aromatic heterocycles. The molecule has 0 aliphatic carbocycles. The number of nitrogens with zero attached hydrogens (tertiary/aromatic N) is 2. The number of hydrogen-bond donors (Lipinski definition) is 1. The first kappa shape index (κ1) is 18.2. The van der Waals surface area contributed by atoms with E-state index in [0.717, 1.165) is 12.1 Å². The molecule has 1 aromatic carbocycles. The normalized spacial score (nSPS) is 20.9. The van der Waals surface area contributed by atoms with E-state index in [0.29, 0.717) is 6.42 Å². The summed E-state index contributed by atoms with van der Waals surface area (Å²) in [6.07, 6.45) is -5.08. The molecule has 1 N–H and O–H groups in total. The van der Waals surface area contributed by atoms with Gasteiger partial charge in [0.15, 0.2) is 6.61 Å². The van der Waals surface area contributed by atoms with Crippen LogP contribution in [0.1, 0.15) is 26.2 Å². The summed E-state index contributed by atoms with van der Waals surface area (Å²) in [5.41, 5.74) is -3.28. The zero-order valence-electron chi connectivity index (χ0n) is 12.8. The molecule has 1 heterocycles. The maximum atomic E-state index is 13.2. The Hall–Kier alpha value is -2.16. The lowest BCUT2D eigenvalue weighted by Gasteiger charge is -2.32. The van der Waals surface area contributed by atoms with E-state index in [2.05, 4.69) is 5.10 Å². The van der Waals surface area contributed by atoms with Crippen molar-refractivity contribution in [2.75, 3.05) is 6.61 Å². The smallest absolute Gasteiger partial charge is 0.438 e. The van der Waals surface area contributed by atoms with Crippen LogP contribution >= 0.6 is 0 Å². The maximum absolute atomic E-state index is 13.2. The number of rotatable bonds is 5. The van der Waals surface area contributed by atoms with Gasteiger partial charge in [0.05, 0.1) is 0 Å². The molecule has 0 saturated heterocycles. The van der Waals surface area contributed by atoms with Crippen molar-refractivity contribution in [2.45, 2.75) is 38.1 Å². The molecule has 24 heavy (non-hydrogen) atoms. The largest absolute Gasteiger partial charge is 0.484 e. The molecule has 9 heteroatoms. The Labute approximate surface area is 135 Å². The standard InChI is InChI=1S/C15H16F4N2O3/c1-2-3-11-8-14(23,15(17,18)19)21(20-11)13(22)9-24-12-6-4-10(16)5-7-12/h4-7,23H,2-3,8-9H2,1H3/t14-/m0/s1. The van der Waals surface area contributed by atoms with Crippen LogP contribution < -0.4 is 4.74 Å². The second-order valence-corrected chi connectivity index (χ2v) is 5.36. The Kier molecular flexibility index (Phi) is 5.12. The lowest BCUT2D eigenvalue weighted by molar-refractivity contribution is -0.302. The predicted molar refractivity (Wildman–Crippen MR) is 76.7 cm³/mol. The molecule has 0 bridgehead atoms. The number of carbonyl (C=O) groups is 1. The van der Waals surface area contributed by atoms with Crippen LogP contribution in [0.4, 0.5) is 17.6 Å². The van der Waals surface area contributed by atoms with Crippen LogP contribution in [-0.4, -0.2) is 40.2 Å². The molecule has 0 saturated carbocycles. The Bertz CT molecular complexity index is 631. The summed E-state index contributed by atoms with van der Waals surface area (Å²) >= 11 is 0. The molecule has 1 aromatic rings. The van der Waals surface area contributed by atoms with Gasteiger partial charge in [-0.25, -0.2) is 4.39 Å². The first-order valence-corrected chi connectivity index (χ1v) is 7.24. The van der Waals surface area contributed by atoms with Crippen molar-refractivity contribution in [3.63, 3.8) is 0 Å². The van der Waals surface area contributed by atoms with Crippen LogP contribution in [0.5, 0.6) is 5.75 Å². The van der Waals surface area contributed by atoms with Crippen LogP contribution in [0.2, 0.25) is 0 Å². The minimum atomic E-state index is -5.06. The van der Waals surface area contributed by atoms with Crippen LogP contribution in [0.25, 0.3) is 0 Å². The van der Waals surface area contributed by atoms with E-state index in [4.69, 9.17) is 4.74 Å². The van der Waals surface area contributed by atoms with Gasteiger partial charge in [-0.15, -0.1) is 0 Å². The van der Waals surface area contributed by atoms with E-state index in [1.54, 1.807) is 6.92 Å². The Morgan fingerprint density at radius 2 is 2.00 bits per heavy atom. The molecule has 1 aliphatic rings. The third kappa shape index (κ3) is 3.66. The molecule has 1 amide bonds. The number of amides is 1. The zero-order chi connectivity index (χ0) is 18.0. The van der Waals surface area contributed by atoms with E-state index < -0.39 is 36.7 Å². The third-order valence-corrected chi connectivity index (χ3v) is 3.45. The molecule has 2 rings (SSSR count). The van der Waals surface area contributed by atoms with Crippen LogP contribution in [0.3, 0.4) is 0 Å². The summed E-state index contributed by atoms with van der Waals surface area (Å²) in [4.78, 5) is 12.1. The number of benzene rings is 1. The molecular formula is C15H16F4N2O3. The zero-order valence-corrected chi connectivity index (χ0v) is 12.8. The van der Waals surface area contributed by atoms with Crippen molar-refractivity contribution in [3.05, 3.63) is 30.1 Å². The van der Waals surface area contributed by atoms with Gasteiger partial charge in [0.1, 0.15) is 11.6 Å². The number of halogens is 4. The average molecular weight is 348 g/mol. The van der Waals surface area contributed by atoms with Gasteiger partial charge in [0, 0.05) is 12.1 Å². The van der Waals surface area contributed by atoms with Gasteiger partial charge in [-0.2, -0.15) is 23.3 Å². The fourth-order valence-electron chi connectivity index (χ4n) is 2.27. The molecule has 1 aliphatic heterocycles. The van der Waals surface area contributed by atoms with E-state index in [1.807, 2.05) is 0 Å². The highest BCUT2D eigenvalue weighted by Gasteiger charge is 2.63. The van der Waals surface area contributed by atoms with Crippen molar-refractivity contribution >= 4 is 11.6 Å². The van der Waals surface area contributed by atoms with Crippen LogP contribution in [0, 0.1) is 5.82 Å². The van der Waals surface area contributed by atoms with Crippen molar-refractivity contribution in [3.8, 4) is 5.75 Å². The summed E-state index contributed by atoms with van der Waals surface area (Å²) in [7, 11) is 0. The van der Waals surface area contributed by atoms with Crippen LogP contribution in [0.15, 0.2) is 29.4 Å². The fourth-order valence-corrected chi connectivity index (χ4v) is 2.27. The number of carbonyl (C=O) groups excluding carboxylic acids is 1. The maximum Gasteiger partial charge on any atom is 0.438 e. The summed E-state index contributed by atoms with van der Waals surface area (Å²) in [6, 6.07) is 4.63. The number of hydrazone groups is 1. The molecule has 132 valence electrons. The minimum absolute atomic E-state index is 0.0293. The predicted octanol–water partition coefficient (Wildman–Crippen LogP) is 2.84. The summed E-state index contributed by atoms with van der Waals surface area (Å²) in [5.74, 6) is -1.56. The van der Waals surface area contributed by atoms with Crippen molar-refractivity contribution in [1.82, 2.24) is 5.01 Å². The Morgan fingerprint density at radius 3 is 2.54 bits per heavy atom. The van der Waals surface area contributed by atoms with E-state index in [1.165, 1.54) is 12.1 Å². The van der Waals surface area contributed by atoms with Gasteiger partial charge in [0.2, 0.25) is 0 Å². The van der Waals surface area contributed by atoms with E-state index in [-0.39, 0.29) is 22.9 Å². The summed E-state index contributed by atoms with van der Waals surface area (Å²) in [6.45, 7) is 0.976. The number of ether oxygens (including phenoxy) is 1. The number of alkyl halides is 3. The first-order valence-electron chi connectivity index (χ1n) is 7.24. The lowest BCUT2D eigenvalue weighted by atomic mass is 10.0. The highest BCUT2D eigenvalue weighted by molar-refractivity contribution is 5.91. The second-order valence-electron chi connectivity index (χ2n) is 5.36. The molecule has 0 radical (unpaired) electrons. The highest BCUT2D eigenvalue weighted by atomic mass is 19.4. The van der Waals surface area contributed by atoms with Crippen molar-refractivity contribution < 1.29 is 32.2 Å². The highest BCUT2D eigenvalue weighted by Crippen LogP contribution is 2.40. The monoisotopic (exact) mass is 348 g/mol. The third-order valence-electron chi connectivity index (χ3n) is 3.45. The SMILES string of the molecule is CCCC1=NN(C(=O)COc2ccc(F)cc2)[C@@](O)(C(F)(F)F)C1. The van der Waals surface area contributed by atoms with Gasteiger partial charge < -0.3 is 9.84 Å². The van der Waals surface area contributed by atoms with Crippen LogP contribution in [-0.2, 0) is 4.79 Å². The van der Waals surface area contributed by atoms with Gasteiger partial charge in [-0.05, 0) is 30.7 Å². The lowest BCUT2D eigenvalue weighted by Crippen LogP contribution is -2.57. The Morgan fingerprint density at radius 1 is 1.38 bits per heavy atom. The van der Waals surface area contributed by atoms with Gasteiger partial charge in [0.25, 0.3) is 11.6 Å². The van der Waals surface area contributed by atoms with Crippen molar-refractivity contribution in [2.24, 2.45) is 5.10 Å². The second kappa shape index (κ2) is 6.76. The average Bonchev–Trinajstić information content (AvgIpc) is 2.85. The topological polar surface area (TPSA) is 62.1 Å². The molecule has 1 atom stereocenters. The van der Waals surface area contributed by atoms with Gasteiger partial charge in [-0.1, -0.05) is 13.3 Å². The molecule has 5 nitrogen and oxygen atoms in total. The molecular weight excluding hydrogens is 332 g/mol. The molecule has 0 fully saturated rings. The molecule has 0 unspecified atom stereocenters. The summed E-state index contributed by atoms with van der Waals surface area (Å²) < 4.78 is 57.3. The fraction of sp³-hybridized carbons (Fsp3) is 0.467. The Balaban J connectivity index is 2.13. The van der Waals surface area contributed by atoms with E-state index >= 15 is 0 Å². The molecule has 0 spiro atoms. The number of aliphatic hydroxyl groups is 1.